The van der Waals surface area contributed by atoms with E-state index < -0.39 is 0 Å². The summed E-state index contributed by atoms with van der Waals surface area (Å²) in [5, 5.41) is 9.23. The van der Waals surface area contributed by atoms with Gasteiger partial charge in [-0.15, -0.1) is 0 Å². The summed E-state index contributed by atoms with van der Waals surface area (Å²) in [6, 6.07) is 21.7. The molecule has 0 unspecified atom stereocenters. The van der Waals surface area contributed by atoms with Crippen molar-refractivity contribution in [2.45, 2.75) is 53.1 Å². The molecule has 3 aromatic carbocycles. The van der Waals surface area contributed by atoms with Crippen molar-refractivity contribution in [2.75, 3.05) is 6.61 Å². The molecule has 0 amide bonds. The molecule has 0 atom stereocenters. The highest BCUT2D eigenvalue weighted by Crippen LogP contribution is 2.32. The highest BCUT2D eigenvalue weighted by molar-refractivity contribution is 5.72. The van der Waals surface area contributed by atoms with Gasteiger partial charge in [-0.3, -0.25) is 0 Å². The topological polar surface area (TPSA) is 29.5 Å². The zero-order valence-corrected chi connectivity index (χ0v) is 17.9. The fraction of sp³-hybridized carbons (Fsp3) is 0.333. The quantitative estimate of drug-likeness (QED) is 0.476. The van der Waals surface area contributed by atoms with Gasteiger partial charge in [0.25, 0.3) is 0 Å². The second kappa shape index (κ2) is 10.3. The van der Waals surface area contributed by atoms with Crippen LogP contribution in [-0.2, 0) is 32.3 Å². The lowest BCUT2D eigenvalue weighted by Crippen LogP contribution is -1.99. The molecule has 0 saturated carbocycles. The SMILES string of the molecule is CCc1ccc(COc2ccc(-c3ccc(CCO)cc3CC)c(CC)c2)cc1. The molecule has 0 spiro atoms. The Hall–Kier alpha value is -2.58. The Morgan fingerprint density at radius 1 is 0.655 bits per heavy atom. The summed E-state index contributed by atoms with van der Waals surface area (Å²) in [5.41, 5.74) is 8.93. The van der Waals surface area contributed by atoms with Crippen LogP contribution >= 0.6 is 0 Å². The highest BCUT2D eigenvalue weighted by atomic mass is 16.5. The first-order chi connectivity index (χ1) is 14.2. The fourth-order valence-corrected chi connectivity index (χ4v) is 3.74. The second-order valence-electron chi connectivity index (χ2n) is 7.45. The van der Waals surface area contributed by atoms with Crippen LogP contribution < -0.4 is 4.74 Å². The molecule has 0 fully saturated rings. The molecular weight excluding hydrogens is 356 g/mol. The summed E-state index contributed by atoms with van der Waals surface area (Å²) in [5.74, 6) is 0.917. The van der Waals surface area contributed by atoms with E-state index in [1.807, 2.05) is 0 Å². The van der Waals surface area contributed by atoms with Crippen LogP contribution in [0.3, 0.4) is 0 Å². The van der Waals surface area contributed by atoms with E-state index in [9.17, 15) is 5.11 Å². The summed E-state index contributed by atoms with van der Waals surface area (Å²) < 4.78 is 6.08. The maximum absolute atomic E-state index is 9.23. The lowest BCUT2D eigenvalue weighted by atomic mass is 9.91. The van der Waals surface area contributed by atoms with Gasteiger partial charge in [0.05, 0.1) is 0 Å². The summed E-state index contributed by atoms with van der Waals surface area (Å²) in [6.07, 6.45) is 3.70. The zero-order valence-electron chi connectivity index (χ0n) is 17.9. The fourth-order valence-electron chi connectivity index (χ4n) is 3.74. The average molecular weight is 389 g/mol. The zero-order chi connectivity index (χ0) is 20.6. The number of aryl methyl sites for hydroxylation is 3. The van der Waals surface area contributed by atoms with Crippen molar-refractivity contribution in [3.63, 3.8) is 0 Å². The van der Waals surface area contributed by atoms with Crippen LogP contribution in [-0.4, -0.2) is 11.7 Å². The molecule has 2 nitrogen and oxygen atoms in total. The minimum absolute atomic E-state index is 0.190. The molecule has 0 heterocycles. The maximum atomic E-state index is 9.23. The Labute approximate surface area is 175 Å². The van der Waals surface area contributed by atoms with Crippen LogP contribution in [0.2, 0.25) is 0 Å². The van der Waals surface area contributed by atoms with E-state index in [0.717, 1.165) is 25.0 Å². The summed E-state index contributed by atoms with van der Waals surface area (Å²) in [4.78, 5) is 0. The smallest absolute Gasteiger partial charge is 0.120 e. The molecule has 152 valence electrons. The Bertz CT molecular complexity index is 926. The molecule has 29 heavy (non-hydrogen) atoms. The van der Waals surface area contributed by atoms with Gasteiger partial charge in [0.1, 0.15) is 12.4 Å². The van der Waals surface area contributed by atoms with E-state index in [1.54, 1.807) is 0 Å². The van der Waals surface area contributed by atoms with Gasteiger partial charge in [-0.1, -0.05) is 69.3 Å². The van der Waals surface area contributed by atoms with Crippen LogP contribution in [0.1, 0.15) is 48.6 Å². The number of aliphatic hydroxyl groups excluding tert-OH is 1. The lowest BCUT2D eigenvalue weighted by Gasteiger charge is -2.16. The van der Waals surface area contributed by atoms with Crippen LogP contribution in [0.4, 0.5) is 0 Å². The molecule has 0 aliphatic rings. The molecule has 0 aliphatic carbocycles. The standard InChI is InChI=1S/C27H32O2/c1-4-20-7-9-22(10-8-20)19-29-25-12-14-27(24(6-3)18-25)26-13-11-21(15-16-28)17-23(26)5-2/h7-14,17-18,28H,4-6,15-16,19H2,1-3H3. The van der Waals surface area contributed by atoms with E-state index in [1.165, 1.54) is 38.9 Å². The average Bonchev–Trinajstić information content (AvgIpc) is 2.78. The lowest BCUT2D eigenvalue weighted by molar-refractivity contribution is 0.299. The summed E-state index contributed by atoms with van der Waals surface area (Å²) in [7, 11) is 0. The van der Waals surface area contributed by atoms with Crippen molar-refractivity contribution < 1.29 is 9.84 Å². The maximum Gasteiger partial charge on any atom is 0.120 e. The van der Waals surface area contributed by atoms with Gasteiger partial charge >= 0.3 is 0 Å². The predicted molar refractivity (Wildman–Crippen MR) is 122 cm³/mol. The number of hydrogen-bond acceptors (Lipinski definition) is 2. The first kappa shape index (κ1) is 21.1. The van der Waals surface area contributed by atoms with Crippen molar-refractivity contribution in [3.8, 4) is 16.9 Å². The van der Waals surface area contributed by atoms with Crippen molar-refractivity contribution in [1.29, 1.82) is 0 Å². The third-order valence-corrected chi connectivity index (χ3v) is 5.54. The molecular formula is C27H32O2. The van der Waals surface area contributed by atoms with Crippen molar-refractivity contribution in [3.05, 3.63) is 88.5 Å². The van der Waals surface area contributed by atoms with Gasteiger partial charge < -0.3 is 9.84 Å². The molecule has 3 aromatic rings. The molecule has 0 saturated heterocycles. The van der Waals surface area contributed by atoms with Crippen LogP contribution in [0, 0.1) is 0 Å². The third-order valence-electron chi connectivity index (χ3n) is 5.54. The molecule has 0 aromatic heterocycles. The molecule has 0 aliphatic heterocycles. The second-order valence-corrected chi connectivity index (χ2v) is 7.45. The summed E-state index contributed by atoms with van der Waals surface area (Å²) >= 11 is 0. The first-order valence-corrected chi connectivity index (χ1v) is 10.7. The molecule has 2 heteroatoms. The number of hydrogen-bond donors (Lipinski definition) is 1. The molecule has 0 radical (unpaired) electrons. The number of aliphatic hydroxyl groups is 1. The van der Waals surface area contributed by atoms with E-state index in [0.29, 0.717) is 13.0 Å². The van der Waals surface area contributed by atoms with Crippen molar-refractivity contribution in [2.24, 2.45) is 0 Å². The van der Waals surface area contributed by atoms with Gasteiger partial charge in [0.2, 0.25) is 0 Å². The first-order valence-electron chi connectivity index (χ1n) is 10.7. The van der Waals surface area contributed by atoms with Gasteiger partial charge in [0, 0.05) is 6.61 Å². The van der Waals surface area contributed by atoms with Crippen molar-refractivity contribution >= 4 is 0 Å². The van der Waals surface area contributed by atoms with Gasteiger partial charge in [0.15, 0.2) is 0 Å². The third kappa shape index (κ3) is 5.27. The molecule has 1 N–H and O–H groups in total. The predicted octanol–water partition coefficient (Wildman–Crippen LogP) is 6.15. The minimum Gasteiger partial charge on any atom is -0.489 e. The highest BCUT2D eigenvalue weighted by Gasteiger charge is 2.11. The number of rotatable bonds is 9. The Morgan fingerprint density at radius 2 is 1.24 bits per heavy atom. The van der Waals surface area contributed by atoms with Crippen LogP contribution in [0.15, 0.2) is 60.7 Å². The normalized spacial score (nSPS) is 10.9. The largest absolute Gasteiger partial charge is 0.489 e. The monoisotopic (exact) mass is 388 g/mol. The van der Waals surface area contributed by atoms with E-state index >= 15 is 0 Å². The summed E-state index contributed by atoms with van der Waals surface area (Å²) in [6.45, 7) is 7.33. The van der Waals surface area contributed by atoms with Crippen LogP contribution in [0.25, 0.3) is 11.1 Å². The van der Waals surface area contributed by atoms with E-state index in [-0.39, 0.29) is 6.61 Å². The number of benzene rings is 3. The van der Waals surface area contributed by atoms with Crippen molar-refractivity contribution in [1.82, 2.24) is 0 Å². The Balaban J connectivity index is 1.81. The van der Waals surface area contributed by atoms with E-state index in [4.69, 9.17) is 4.74 Å². The minimum atomic E-state index is 0.190. The Kier molecular flexibility index (Phi) is 7.48. The molecule has 3 rings (SSSR count). The van der Waals surface area contributed by atoms with E-state index in [2.05, 4.69) is 81.4 Å². The van der Waals surface area contributed by atoms with Gasteiger partial charge in [-0.2, -0.15) is 0 Å². The van der Waals surface area contributed by atoms with Gasteiger partial charge in [-0.05, 0) is 76.8 Å². The molecule has 0 bridgehead atoms. The Morgan fingerprint density at radius 3 is 1.86 bits per heavy atom. The number of ether oxygens (including phenoxy) is 1. The van der Waals surface area contributed by atoms with Crippen LogP contribution in [0.5, 0.6) is 5.75 Å². The van der Waals surface area contributed by atoms with Gasteiger partial charge in [-0.25, -0.2) is 0 Å².